The van der Waals surface area contributed by atoms with Gasteiger partial charge in [-0.2, -0.15) is 0 Å². The van der Waals surface area contributed by atoms with Crippen LogP contribution in [0.5, 0.6) is 5.75 Å². The van der Waals surface area contributed by atoms with Gasteiger partial charge in [0.15, 0.2) is 6.61 Å². The molecule has 0 unspecified atom stereocenters. The molecule has 7 nitrogen and oxygen atoms in total. The van der Waals surface area contributed by atoms with Crippen LogP contribution in [-0.4, -0.2) is 41.1 Å². The normalized spacial score (nSPS) is 27.2. The van der Waals surface area contributed by atoms with Crippen molar-refractivity contribution in [1.29, 1.82) is 0 Å². The first-order valence-electron chi connectivity index (χ1n) is 8.82. The predicted octanol–water partition coefficient (Wildman–Crippen LogP) is 2.02. The molecular weight excluding hydrogens is 389 g/mol. The zero-order chi connectivity index (χ0) is 19.9. The van der Waals surface area contributed by atoms with Gasteiger partial charge in [0.25, 0.3) is 11.8 Å². The van der Waals surface area contributed by atoms with E-state index >= 15 is 0 Å². The Labute approximate surface area is 165 Å². The SMILES string of the molecule is O=C(COc1ccc(Cl)c(F)c1)NC12CC(NC(=O)C3=CN([O-])CC=C3)(C1)C2. The van der Waals surface area contributed by atoms with Crippen molar-refractivity contribution in [3.8, 4) is 5.75 Å². The summed E-state index contributed by atoms with van der Waals surface area (Å²) in [6.07, 6.45) is 6.43. The molecule has 28 heavy (non-hydrogen) atoms. The Balaban J connectivity index is 1.23. The fourth-order valence-electron chi connectivity index (χ4n) is 4.08. The second kappa shape index (κ2) is 6.79. The van der Waals surface area contributed by atoms with Gasteiger partial charge in [-0.25, -0.2) is 4.39 Å². The molecule has 0 saturated heterocycles. The minimum absolute atomic E-state index is 0.0135. The van der Waals surface area contributed by atoms with E-state index in [1.807, 2.05) is 0 Å². The molecule has 0 radical (unpaired) electrons. The topological polar surface area (TPSA) is 93.7 Å². The second-order valence-electron chi connectivity index (χ2n) is 7.54. The van der Waals surface area contributed by atoms with Crippen LogP contribution in [0, 0.1) is 11.0 Å². The van der Waals surface area contributed by atoms with Crippen molar-refractivity contribution in [2.75, 3.05) is 13.2 Å². The lowest BCUT2D eigenvalue weighted by Gasteiger charge is -2.70. The Morgan fingerprint density at radius 3 is 2.64 bits per heavy atom. The van der Waals surface area contributed by atoms with E-state index in [0.717, 1.165) is 6.07 Å². The maximum atomic E-state index is 13.4. The van der Waals surface area contributed by atoms with Crippen molar-refractivity contribution in [2.45, 2.75) is 30.3 Å². The number of amides is 2. The molecule has 1 aliphatic heterocycles. The van der Waals surface area contributed by atoms with E-state index < -0.39 is 5.82 Å². The van der Waals surface area contributed by atoms with Gasteiger partial charge in [0.05, 0.1) is 10.6 Å². The van der Waals surface area contributed by atoms with E-state index in [1.165, 1.54) is 18.3 Å². The third-order valence-corrected chi connectivity index (χ3v) is 5.51. The zero-order valence-electron chi connectivity index (χ0n) is 14.8. The van der Waals surface area contributed by atoms with Gasteiger partial charge in [-0.3, -0.25) is 9.59 Å². The Morgan fingerprint density at radius 2 is 1.96 bits per heavy atom. The zero-order valence-corrected chi connectivity index (χ0v) is 15.6. The summed E-state index contributed by atoms with van der Waals surface area (Å²) in [5, 5.41) is 17.9. The van der Waals surface area contributed by atoms with Gasteiger partial charge >= 0.3 is 0 Å². The number of hydrogen-bond donors (Lipinski definition) is 2. The van der Waals surface area contributed by atoms with Crippen molar-refractivity contribution in [1.82, 2.24) is 15.7 Å². The fourth-order valence-corrected chi connectivity index (χ4v) is 4.20. The van der Waals surface area contributed by atoms with Gasteiger partial charge in [0, 0.05) is 29.9 Å². The molecule has 1 heterocycles. The van der Waals surface area contributed by atoms with Gasteiger partial charge in [0.2, 0.25) is 0 Å². The van der Waals surface area contributed by atoms with Crippen LogP contribution in [0.15, 0.2) is 42.1 Å². The first kappa shape index (κ1) is 18.8. The lowest BCUT2D eigenvalue weighted by atomic mass is 9.44. The van der Waals surface area contributed by atoms with E-state index in [-0.39, 0.29) is 46.8 Å². The molecule has 0 atom stereocenters. The summed E-state index contributed by atoms with van der Waals surface area (Å²) < 4.78 is 18.7. The maximum Gasteiger partial charge on any atom is 0.258 e. The summed E-state index contributed by atoms with van der Waals surface area (Å²) in [7, 11) is 0. The monoisotopic (exact) mass is 406 g/mol. The average molecular weight is 407 g/mol. The number of nitrogens with one attached hydrogen (secondary N) is 2. The molecule has 2 bridgehead atoms. The number of benzene rings is 1. The highest BCUT2D eigenvalue weighted by atomic mass is 35.5. The highest BCUT2D eigenvalue weighted by molar-refractivity contribution is 6.30. The van der Waals surface area contributed by atoms with Crippen molar-refractivity contribution >= 4 is 23.4 Å². The van der Waals surface area contributed by atoms with Crippen molar-refractivity contribution in [3.05, 3.63) is 58.2 Å². The van der Waals surface area contributed by atoms with E-state index in [9.17, 15) is 19.2 Å². The van der Waals surface area contributed by atoms with Gasteiger partial charge in [-0.15, -0.1) is 0 Å². The highest BCUT2D eigenvalue weighted by Gasteiger charge is 2.69. The third-order valence-electron chi connectivity index (χ3n) is 5.20. The summed E-state index contributed by atoms with van der Waals surface area (Å²) in [5.41, 5.74) is -0.335. The van der Waals surface area contributed by atoms with E-state index in [1.54, 1.807) is 12.2 Å². The molecule has 0 spiro atoms. The standard InChI is InChI=1S/C19H18ClFN3O4/c20-14-4-3-13(6-15(14)21)28-8-16(25)22-18-9-19(10-18,11-18)23-17(26)12-2-1-5-24(27)7-12/h1-4,6-7H,5,8-11H2,(H,22,25)(H,23,26)/q-1. The lowest BCUT2D eigenvalue weighted by Crippen LogP contribution is -2.84. The predicted molar refractivity (Wildman–Crippen MR) is 99.8 cm³/mol. The van der Waals surface area contributed by atoms with Crippen molar-refractivity contribution in [2.24, 2.45) is 0 Å². The smallest absolute Gasteiger partial charge is 0.258 e. The summed E-state index contributed by atoms with van der Waals surface area (Å²) >= 11 is 5.60. The van der Waals surface area contributed by atoms with Crippen LogP contribution in [0.1, 0.15) is 19.3 Å². The number of hydroxylamine groups is 2. The quantitative estimate of drug-likeness (QED) is 0.753. The number of rotatable bonds is 6. The van der Waals surface area contributed by atoms with Crippen LogP contribution in [0.4, 0.5) is 4.39 Å². The van der Waals surface area contributed by atoms with E-state index in [4.69, 9.17) is 16.3 Å². The molecular formula is C19H18ClFN3O4-. The first-order valence-corrected chi connectivity index (χ1v) is 9.20. The minimum Gasteiger partial charge on any atom is -0.758 e. The molecule has 3 saturated carbocycles. The number of carbonyl (C=O) groups excluding carboxylic acids is 2. The second-order valence-corrected chi connectivity index (χ2v) is 7.95. The highest BCUT2D eigenvalue weighted by Crippen LogP contribution is 2.60. The van der Waals surface area contributed by atoms with Crippen LogP contribution >= 0.6 is 11.6 Å². The van der Waals surface area contributed by atoms with Crippen LogP contribution in [0.25, 0.3) is 0 Å². The van der Waals surface area contributed by atoms with Gasteiger partial charge in [-0.05, 0) is 31.4 Å². The maximum absolute atomic E-state index is 13.4. The van der Waals surface area contributed by atoms with Crippen LogP contribution in [0.2, 0.25) is 5.02 Å². The molecule has 0 aromatic heterocycles. The molecule has 3 aliphatic carbocycles. The average Bonchev–Trinajstić information content (AvgIpc) is 2.59. The lowest BCUT2D eigenvalue weighted by molar-refractivity contribution is -0.148. The van der Waals surface area contributed by atoms with E-state index in [2.05, 4.69) is 10.6 Å². The molecule has 4 aliphatic rings. The molecule has 2 N–H and O–H groups in total. The first-order chi connectivity index (χ1) is 13.3. The van der Waals surface area contributed by atoms with Crippen molar-refractivity contribution < 1.29 is 18.7 Å². The Kier molecular flexibility index (Phi) is 4.55. The van der Waals surface area contributed by atoms with Crippen LogP contribution < -0.4 is 15.4 Å². The third kappa shape index (κ3) is 3.57. The summed E-state index contributed by atoms with van der Waals surface area (Å²) in [4.78, 5) is 24.4. The van der Waals surface area contributed by atoms with Crippen LogP contribution in [0.3, 0.4) is 0 Å². The molecule has 5 rings (SSSR count). The molecule has 9 heteroatoms. The Hall–Kier alpha value is -2.58. The number of carbonyl (C=O) groups is 2. The minimum atomic E-state index is -0.611. The molecule has 2 amide bonds. The van der Waals surface area contributed by atoms with Gasteiger partial charge in [-0.1, -0.05) is 23.8 Å². The molecule has 3 fully saturated rings. The van der Waals surface area contributed by atoms with Gasteiger partial charge < -0.3 is 25.6 Å². The van der Waals surface area contributed by atoms with E-state index in [0.29, 0.717) is 29.9 Å². The Morgan fingerprint density at radius 1 is 1.25 bits per heavy atom. The number of hydrogen-bond acceptors (Lipinski definition) is 5. The summed E-state index contributed by atoms with van der Waals surface area (Å²) in [5.74, 6) is -0.987. The summed E-state index contributed by atoms with van der Waals surface area (Å²) in [6, 6.07) is 3.97. The molecule has 1 aromatic rings. The number of nitrogens with zero attached hydrogens (tertiary/aromatic N) is 1. The number of halogens is 2. The Bertz CT molecular complexity index is 881. The number of ether oxygens (including phenoxy) is 1. The van der Waals surface area contributed by atoms with Crippen LogP contribution in [-0.2, 0) is 9.59 Å². The largest absolute Gasteiger partial charge is 0.758 e. The van der Waals surface area contributed by atoms with Crippen molar-refractivity contribution in [3.63, 3.8) is 0 Å². The van der Waals surface area contributed by atoms with Gasteiger partial charge in [0.1, 0.15) is 11.6 Å². The molecule has 148 valence electrons. The fraction of sp³-hybridized carbons (Fsp3) is 0.368. The summed E-state index contributed by atoms with van der Waals surface area (Å²) in [6.45, 7) is 0.000987. The molecule has 1 aromatic carbocycles.